The number of amidine groups is 1. The first kappa shape index (κ1) is 17.1. The average molecular weight is 354 g/mol. The van der Waals surface area contributed by atoms with E-state index in [4.69, 9.17) is 0 Å². The van der Waals surface area contributed by atoms with E-state index >= 15 is 0 Å². The Labute approximate surface area is 147 Å². The van der Waals surface area contributed by atoms with Crippen LogP contribution >= 0.6 is 0 Å². The van der Waals surface area contributed by atoms with Crippen molar-refractivity contribution in [3.63, 3.8) is 0 Å². The molecule has 0 N–H and O–H groups in total. The number of aryl methyl sites for hydroxylation is 1. The summed E-state index contributed by atoms with van der Waals surface area (Å²) in [4.78, 5) is 16.7. The zero-order valence-corrected chi connectivity index (χ0v) is 14.6. The molecule has 1 heterocycles. The normalized spacial score (nSPS) is 15.5. The molecule has 0 saturated carbocycles. The van der Waals surface area contributed by atoms with Gasteiger partial charge in [-0.3, -0.25) is 9.79 Å². The number of benzene rings is 2. The molecule has 0 saturated heterocycles. The Balaban J connectivity index is 1.97. The molecule has 1 amide bonds. The minimum Gasteiger partial charge on any atom is -0.273 e. The predicted octanol–water partition coefficient (Wildman–Crippen LogP) is 3.03. The van der Waals surface area contributed by atoms with Crippen molar-refractivity contribution in [2.45, 2.75) is 18.2 Å². The van der Waals surface area contributed by atoms with Crippen LogP contribution in [0.25, 0.3) is 6.08 Å². The van der Waals surface area contributed by atoms with Crippen molar-refractivity contribution in [1.82, 2.24) is 4.31 Å². The van der Waals surface area contributed by atoms with Gasteiger partial charge in [0.15, 0.2) is 0 Å². The number of aliphatic imine (C=N–C) groups is 1. The van der Waals surface area contributed by atoms with Crippen LogP contribution in [0.1, 0.15) is 17.5 Å². The summed E-state index contributed by atoms with van der Waals surface area (Å²) in [6, 6.07) is 15.9. The van der Waals surface area contributed by atoms with E-state index in [0.29, 0.717) is 0 Å². The van der Waals surface area contributed by atoms with Gasteiger partial charge < -0.3 is 0 Å². The van der Waals surface area contributed by atoms with E-state index in [9.17, 15) is 13.2 Å². The van der Waals surface area contributed by atoms with E-state index in [-0.39, 0.29) is 23.7 Å². The minimum absolute atomic E-state index is 0.0772. The summed E-state index contributed by atoms with van der Waals surface area (Å²) >= 11 is 0. The maximum Gasteiger partial charge on any atom is 0.272 e. The van der Waals surface area contributed by atoms with Crippen LogP contribution in [0.5, 0.6) is 0 Å². The first-order chi connectivity index (χ1) is 12.0. The fraction of sp³-hybridized carbons (Fsp3) is 0.158. The van der Waals surface area contributed by atoms with Crippen LogP contribution in [0.4, 0.5) is 0 Å². The molecule has 3 rings (SSSR count). The third kappa shape index (κ3) is 3.69. The van der Waals surface area contributed by atoms with Crippen molar-refractivity contribution in [3.05, 3.63) is 71.8 Å². The minimum atomic E-state index is -3.98. The van der Waals surface area contributed by atoms with Crippen LogP contribution in [0, 0.1) is 6.92 Å². The van der Waals surface area contributed by atoms with Gasteiger partial charge in [-0.1, -0.05) is 54.1 Å². The van der Waals surface area contributed by atoms with Crippen LogP contribution in [-0.4, -0.2) is 31.0 Å². The molecular formula is C19H18N2O3S. The number of hydrogen-bond donors (Lipinski definition) is 0. The Bertz CT molecular complexity index is 930. The molecule has 0 aromatic heterocycles. The SMILES string of the molecule is Cc1ccc(S(=O)(=O)N2C(=O)CCN=C2/C=C/c2ccccc2)cc1. The monoisotopic (exact) mass is 354 g/mol. The molecule has 0 unspecified atom stereocenters. The molecule has 128 valence electrons. The molecule has 0 aliphatic carbocycles. The number of nitrogens with zero attached hydrogens (tertiary/aromatic N) is 2. The average Bonchev–Trinajstić information content (AvgIpc) is 2.61. The number of rotatable bonds is 4. The van der Waals surface area contributed by atoms with Crippen molar-refractivity contribution in [2.75, 3.05) is 6.54 Å². The number of sulfonamides is 1. The Hall–Kier alpha value is -2.73. The summed E-state index contributed by atoms with van der Waals surface area (Å²) in [5, 5.41) is 0. The van der Waals surface area contributed by atoms with Gasteiger partial charge in [0.2, 0.25) is 5.91 Å². The van der Waals surface area contributed by atoms with Crippen LogP contribution < -0.4 is 0 Å². The molecule has 25 heavy (non-hydrogen) atoms. The lowest BCUT2D eigenvalue weighted by Crippen LogP contribution is -2.43. The molecule has 2 aromatic rings. The molecule has 0 atom stereocenters. The third-order valence-electron chi connectivity index (χ3n) is 3.82. The van der Waals surface area contributed by atoms with Crippen molar-refractivity contribution < 1.29 is 13.2 Å². The van der Waals surface area contributed by atoms with Gasteiger partial charge in [-0.25, -0.2) is 8.42 Å². The highest BCUT2D eigenvalue weighted by Gasteiger charge is 2.34. The van der Waals surface area contributed by atoms with Crippen molar-refractivity contribution >= 4 is 27.8 Å². The van der Waals surface area contributed by atoms with Crippen molar-refractivity contribution in [1.29, 1.82) is 0 Å². The van der Waals surface area contributed by atoms with E-state index in [1.54, 1.807) is 24.3 Å². The molecular weight excluding hydrogens is 336 g/mol. The Kier molecular flexibility index (Phi) is 4.81. The summed E-state index contributed by atoms with van der Waals surface area (Å²) < 4.78 is 26.6. The third-order valence-corrected chi connectivity index (χ3v) is 5.56. The molecule has 1 aliphatic rings. The highest BCUT2D eigenvalue weighted by molar-refractivity contribution is 7.90. The van der Waals surface area contributed by atoms with Crippen molar-refractivity contribution in [3.8, 4) is 0 Å². The lowest BCUT2D eigenvalue weighted by atomic mass is 10.2. The summed E-state index contributed by atoms with van der Waals surface area (Å²) in [6.45, 7) is 2.16. The second-order valence-electron chi connectivity index (χ2n) is 5.71. The smallest absolute Gasteiger partial charge is 0.272 e. The molecule has 6 heteroatoms. The van der Waals surface area contributed by atoms with Crippen LogP contribution in [-0.2, 0) is 14.8 Å². The van der Waals surface area contributed by atoms with E-state index < -0.39 is 15.9 Å². The molecule has 2 aromatic carbocycles. The second-order valence-corrected chi connectivity index (χ2v) is 7.50. The standard InChI is InChI=1S/C19H18N2O3S/c1-15-7-10-17(11-8-15)25(23,24)21-18(20-14-13-19(21)22)12-9-16-5-3-2-4-6-16/h2-12H,13-14H2,1H3/b12-9+. The molecule has 5 nitrogen and oxygen atoms in total. The first-order valence-electron chi connectivity index (χ1n) is 7.91. The zero-order chi connectivity index (χ0) is 17.9. The molecule has 0 radical (unpaired) electrons. The zero-order valence-electron chi connectivity index (χ0n) is 13.8. The van der Waals surface area contributed by atoms with Crippen LogP contribution in [0.15, 0.2) is 70.6 Å². The largest absolute Gasteiger partial charge is 0.273 e. The topological polar surface area (TPSA) is 66.8 Å². The van der Waals surface area contributed by atoms with Gasteiger partial charge in [0.25, 0.3) is 10.0 Å². The molecule has 0 bridgehead atoms. The Morgan fingerprint density at radius 3 is 2.36 bits per heavy atom. The molecule has 0 fully saturated rings. The van der Waals surface area contributed by atoms with Gasteiger partial charge >= 0.3 is 0 Å². The summed E-state index contributed by atoms with van der Waals surface area (Å²) in [6.07, 6.45) is 3.39. The number of carbonyl (C=O) groups excluding carboxylic acids is 1. The Morgan fingerprint density at radius 2 is 1.68 bits per heavy atom. The fourth-order valence-corrected chi connectivity index (χ4v) is 3.90. The lowest BCUT2D eigenvalue weighted by molar-refractivity contribution is -0.124. The predicted molar refractivity (Wildman–Crippen MR) is 97.6 cm³/mol. The summed E-state index contributed by atoms with van der Waals surface area (Å²) in [7, 11) is -3.98. The number of hydrogen-bond acceptors (Lipinski definition) is 4. The van der Waals surface area contributed by atoms with Gasteiger partial charge in [0.1, 0.15) is 5.84 Å². The fourth-order valence-electron chi connectivity index (χ4n) is 2.49. The van der Waals surface area contributed by atoms with Gasteiger partial charge in [-0.2, -0.15) is 4.31 Å². The van der Waals surface area contributed by atoms with Gasteiger partial charge in [0.05, 0.1) is 11.4 Å². The lowest BCUT2D eigenvalue weighted by Gasteiger charge is -2.25. The van der Waals surface area contributed by atoms with Gasteiger partial charge in [-0.05, 0) is 30.7 Å². The molecule has 1 aliphatic heterocycles. The summed E-state index contributed by atoms with van der Waals surface area (Å²) in [5.74, 6) is -0.330. The van der Waals surface area contributed by atoms with E-state index in [1.165, 1.54) is 12.1 Å². The number of amides is 1. The highest BCUT2D eigenvalue weighted by atomic mass is 32.2. The second kappa shape index (κ2) is 7.03. The van der Waals surface area contributed by atoms with Gasteiger partial charge in [-0.15, -0.1) is 0 Å². The van der Waals surface area contributed by atoms with Crippen LogP contribution in [0.2, 0.25) is 0 Å². The van der Waals surface area contributed by atoms with E-state index in [0.717, 1.165) is 15.4 Å². The first-order valence-corrected chi connectivity index (χ1v) is 9.35. The summed E-state index contributed by atoms with van der Waals surface area (Å²) in [5.41, 5.74) is 1.85. The Morgan fingerprint density at radius 1 is 1.00 bits per heavy atom. The molecule has 0 spiro atoms. The number of carbonyl (C=O) groups is 1. The maximum atomic E-state index is 12.9. The van der Waals surface area contributed by atoms with Crippen molar-refractivity contribution in [2.24, 2.45) is 4.99 Å². The van der Waals surface area contributed by atoms with Crippen LogP contribution in [0.3, 0.4) is 0 Å². The van der Waals surface area contributed by atoms with Gasteiger partial charge in [0, 0.05) is 6.42 Å². The van der Waals surface area contributed by atoms with E-state index in [2.05, 4.69) is 4.99 Å². The quantitative estimate of drug-likeness (QED) is 0.848. The van der Waals surface area contributed by atoms with E-state index in [1.807, 2.05) is 37.3 Å². The maximum absolute atomic E-state index is 12.9. The highest BCUT2D eigenvalue weighted by Crippen LogP contribution is 2.21.